The van der Waals surface area contributed by atoms with Gasteiger partial charge in [-0.15, -0.1) is 0 Å². The van der Waals surface area contributed by atoms with Gasteiger partial charge in [-0.3, -0.25) is 0 Å². The normalized spacial score (nSPS) is 10.6. The maximum Gasteiger partial charge on any atom is 0.167 e. The number of rotatable bonds is 6. The predicted octanol–water partition coefficient (Wildman–Crippen LogP) is 3.42. The molecule has 0 amide bonds. The highest BCUT2D eigenvalue weighted by Gasteiger charge is 2.05. The Morgan fingerprint density at radius 1 is 1.00 bits per heavy atom. The van der Waals surface area contributed by atoms with Crippen molar-refractivity contribution in [2.24, 2.45) is 5.73 Å². The second-order valence-corrected chi connectivity index (χ2v) is 5.00. The first-order valence-electron chi connectivity index (χ1n) is 7.28. The van der Waals surface area contributed by atoms with E-state index in [1.54, 1.807) is 0 Å². The molecule has 0 atom stereocenters. The quantitative estimate of drug-likeness (QED) is 0.756. The van der Waals surface area contributed by atoms with Crippen LogP contribution in [0.1, 0.15) is 11.3 Å². The van der Waals surface area contributed by atoms with Crippen molar-refractivity contribution in [2.75, 3.05) is 6.61 Å². The van der Waals surface area contributed by atoms with E-state index in [0.717, 1.165) is 29.2 Å². The number of aromatic nitrogens is 1. The third kappa shape index (κ3) is 3.54. The van der Waals surface area contributed by atoms with Crippen molar-refractivity contribution in [1.82, 2.24) is 5.16 Å². The number of nitrogens with zero attached hydrogens (tertiary/aromatic N) is 1. The van der Waals surface area contributed by atoms with E-state index in [9.17, 15) is 0 Å². The molecule has 0 saturated heterocycles. The van der Waals surface area contributed by atoms with Gasteiger partial charge in [0.15, 0.2) is 5.76 Å². The van der Waals surface area contributed by atoms with Crippen LogP contribution in [0.5, 0.6) is 5.75 Å². The predicted molar refractivity (Wildman–Crippen MR) is 85.5 cm³/mol. The van der Waals surface area contributed by atoms with Crippen LogP contribution in [-0.2, 0) is 13.0 Å². The van der Waals surface area contributed by atoms with Gasteiger partial charge < -0.3 is 15.0 Å². The van der Waals surface area contributed by atoms with Crippen molar-refractivity contribution in [2.45, 2.75) is 13.0 Å². The minimum atomic E-state index is 0.379. The van der Waals surface area contributed by atoms with Crippen molar-refractivity contribution >= 4 is 0 Å². The molecule has 3 aromatic rings. The van der Waals surface area contributed by atoms with Gasteiger partial charge in [0.05, 0.1) is 12.3 Å². The van der Waals surface area contributed by atoms with E-state index in [1.807, 2.05) is 48.5 Å². The molecule has 1 heterocycles. The van der Waals surface area contributed by atoms with Gasteiger partial charge in [0.1, 0.15) is 5.75 Å². The van der Waals surface area contributed by atoms with E-state index in [-0.39, 0.29) is 0 Å². The van der Waals surface area contributed by atoms with Crippen molar-refractivity contribution < 1.29 is 9.26 Å². The number of hydrogen-bond donors (Lipinski definition) is 1. The van der Waals surface area contributed by atoms with Crippen LogP contribution in [0.4, 0.5) is 0 Å². The molecule has 0 fully saturated rings. The Labute approximate surface area is 129 Å². The topological polar surface area (TPSA) is 61.3 Å². The average Bonchev–Trinajstić information content (AvgIpc) is 3.06. The van der Waals surface area contributed by atoms with E-state index in [0.29, 0.717) is 13.2 Å². The summed E-state index contributed by atoms with van der Waals surface area (Å²) >= 11 is 0. The van der Waals surface area contributed by atoms with Crippen LogP contribution in [0, 0.1) is 0 Å². The Morgan fingerprint density at radius 2 is 1.77 bits per heavy atom. The van der Waals surface area contributed by atoms with E-state index in [2.05, 4.69) is 17.3 Å². The standard InChI is InChI=1S/C18H18N2O2/c19-13-16-12-18(22-20-16)15-6-8-17(9-7-15)21-11-10-14-4-2-1-3-5-14/h1-9,12H,10-11,13,19H2. The van der Waals surface area contributed by atoms with Gasteiger partial charge in [0.25, 0.3) is 0 Å². The van der Waals surface area contributed by atoms with Gasteiger partial charge in [-0.25, -0.2) is 0 Å². The highest BCUT2D eigenvalue weighted by molar-refractivity contribution is 5.58. The number of nitrogens with two attached hydrogens (primary N) is 1. The molecule has 0 radical (unpaired) electrons. The van der Waals surface area contributed by atoms with Crippen LogP contribution >= 0.6 is 0 Å². The molecule has 0 unspecified atom stereocenters. The first-order chi connectivity index (χ1) is 10.8. The minimum absolute atomic E-state index is 0.379. The average molecular weight is 294 g/mol. The molecule has 0 spiro atoms. The molecule has 22 heavy (non-hydrogen) atoms. The second kappa shape index (κ2) is 6.91. The van der Waals surface area contributed by atoms with E-state index in [4.69, 9.17) is 15.0 Å². The van der Waals surface area contributed by atoms with Crippen LogP contribution in [0.2, 0.25) is 0 Å². The van der Waals surface area contributed by atoms with E-state index < -0.39 is 0 Å². The fraction of sp³-hybridized carbons (Fsp3) is 0.167. The van der Waals surface area contributed by atoms with Gasteiger partial charge >= 0.3 is 0 Å². The van der Waals surface area contributed by atoms with Crippen molar-refractivity contribution in [1.29, 1.82) is 0 Å². The van der Waals surface area contributed by atoms with E-state index >= 15 is 0 Å². The molecule has 1 aromatic heterocycles. The zero-order chi connectivity index (χ0) is 15.2. The fourth-order valence-electron chi connectivity index (χ4n) is 2.19. The Bertz CT molecular complexity index is 705. The maximum absolute atomic E-state index is 5.76. The zero-order valence-electron chi connectivity index (χ0n) is 12.2. The van der Waals surface area contributed by atoms with Gasteiger partial charge in [-0.2, -0.15) is 0 Å². The Morgan fingerprint density at radius 3 is 2.45 bits per heavy atom. The third-order valence-electron chi connectivity index (χ3n) is 3.41. The van der Waals surface area contributed by atoms with Crippen LogP contribution in [0.15, 0.2) is 65.2 Å². The molecular weight excluding hydrogens is 276 g/mol. The number of hydrogen-bond acceptors (Lipinski definition) is 4. The zero-order valence-corrected chi connectivity index (χ0v) is 12.2. The molecule has 4 heteroatoms. The lowest BCUT2D eigenvalue weighted by Crippen LogP contribution is -2.00. The summed E-state index contributed by atoms with van der Waals surface area (Å²) in [6.07, 6.45) is 0.893. The molecule has 2 aromatic carbocycles. The molecular formula is C18H18N2O2. The number of benzene rings is 2. The molecule has 112 valence electrons. The molecule has 2 N–H and O–H groups in total. The Balaban J connectivity index is 1.57. The molecule has 3 rings (SSSR count). The molecule has 0 aliphatic carbocycles. The SMILES string of the molecule is NCc1cc(-c2ccc(OCCc3ccccc3)cc2)on1. The summed E-state index contributed by atoms with van der Waals surface area (Å²) in [5.74, 6) is 1.56. The van der Waals surface area contributed by atoms with Crippen LogP contribution in [-0.4, -0.2) is 11.8 Å². The number of ether oxygens (including phenoxy) is 1. The Kier molecular flexibility index (Phi) is 4.51. The van der Waals surface area contributed by atoms with Crippen molar-refractivity contribution in [3.8, 4) is 17.1 Å². The third-order valence-corrected chi connectivity index (χ3v) is 3.41. The maximum atomic E-state index is 5.76. The summed E-state index contributed by atoms with van der Waals surface area (Å²) in [7, 11) is 0. The summed E-state index contributed by atoms with van der Waals surface area (Å²) in [5.41, 5.74) is 8.51. The van der Waals surface area contributed by atoms with Crippen LogP contribution in [0.25, 0.3) is 11.3 Å². The summed E-state index contributed by atoms with van der Waals surface area (Å²) in [6, 6.07) is 19.9. The highest BCUT2D eigenvalue weighted by atomic mass is 16.5. The van der Waals surface area contributed by atoms with E-state index in [1.165, 1.54) is 5.56 Å². The summed E-state index contributed by atoms with van der Waals surface area (Å²) in [6.45, 7) is 1.03. The highest BCUT2D eigenvalue weighted by Crippen LogP contribution is 2.23. The summed E-state index contributed by atoms with van der Waals surface area (Å²) in [4.78, 5) is 0. The van der Waals surface area contributed by atoms with Crippen LogP contribution in [0.3, 0.4) is 0 Å². The molecule has 4 nitrogen and oxygen atoms in total. The molecule has 0 aliphatic rings. The summed E-state index contributed by atoms with van der Waals surface area (Å²) in [5, 5.41) is 3.89. The second-order valence-electron chi connectivity index (χ2n) is 5.00. The lowest BCUT2D eigenvalue weighted by Gasteiger charge is -2.06. The Hall–Kier alpha value is -2.59. The van der Waals surface area contributed by atoms with Gasteiger partial charge in [-0.1, -0.05) is 35.5 Å². The van der Waals surface area contributed by atoms with Crippen molar-refractivity contribution in [3.05, 3.63) is 71.9 Å². The van der Waals surface area contributed by atoms with Crippen molar-refractivity contribution in [3.63, 3.8) is 0 Å². The lowest BCUT2D eigenvalue weighted by molar-refractivity contribution is 0.322. The monoisotopic (exact) mass is 294 g/mol. The van der Waals surface area contributed by atoms with Gasteiger partial charge in [-0.05, 0) is 29.8 Å². The lowest BCUT2D eigenvalue weighted by atomic mass is 10.1. The van der Waals surface area contributed by atoms with Gasteiger partial charge in [0, 0.05) is 24.6 Å². The summed E-state index contributed by atoms with van der Waals surface area (Å²) < 4.78 is 11.0. The first-order valence-corrected chi connectivity index (χ1v) is 7.28. The molecule has 0 bridgehead atoms. The molecule has 0 aliphatic heterocycles. The van der Waals surface area contributed by atoms with Crippen LogP contribution < -0.4 is 10.5 Å². The minimum Gasteiger partial charge on any atom is -0.493 e. The van der Waals surface area contributed by atoms with Gasteiger partial charge in [0.2, 0.25) is 0 Å². The smallest absolute Gasteiger partial charge is 0.167 e. The molecule has 0 saturated carbocycles. The first kappa shape index (κ1) is 14.4. The fourth-order valence-corrected chi connectivity index (χ4v) is 2.19. The largest absolute Gasteiger partial charge is 0.493 e.